The number of nitrogens with zero attached hydrogens (tertiary/aromatic N) is 1. The number of esters is 2. The fourth-order valence-electron chi connectivity index (χ4n) is 2.06. The third kappa shape index (κ3) is 2.65. The van der Waals surface area contributed by atoms with Crippen LogP contribution in [0.5, 0.6) is 5.75 Å². The van der Waals surface area contributed by atoms with Crippen LogP contribution in [0.15, 0.2) is 18.2 Å². The van der Waals surface area contributed by atoms with Crippen molar-refractivity contribution in [2.45, 2.75) is 13.8 Å². The van der Waals surface area contributed by atoms with Crippen LogP contribution in [0, 0.1) is 3.57 Å². The van der Waals surface area contributed by atoms with Gasteiger partial charge in [-0.1, -0.05) is 0 Å². The number of aryl methyl sites for hydroxylation is 1. The average Bonchev–Trinajstić information content (AvgIpc) is 2.62. The van der Waals surface area contributed by atoms with Gasteiger partial charge >= 0.3 is 11.9 Å². The Morgan fingerprint density at radius 3 is 2.65 bits per heavy atom. The van der Waals surface area contributed by atoms with Crippen molar-refractivity contribution < 1.29 is 19.1 Å². The van der Waals surface area contributed by atoms with Gasteiger partial charge in [0.05, 0.1) is 12.1 Å². The van der Waals surface area contributed by atoms with Gasteiger partial charge in [-0.3, -0.25) is 4.79 Å². The van der Waals surface area contributed by atoms with Crippen LogP contribution >= 0.6 is 22.6 Å². The first-order valence-corrected chi connectivity index (χ1v) is 7.17. The van der Waals surface area contributed by atoms with Crippen molar-refractivity contribution in [3.8, 4) is 5.75 Å². The molecule has 1 aromatic heterocycles. The van der Waals surface area contributed by atoms with Gasteiger partial charge in [0.2, 0.25) is 0 Å². The molecule has 0 aliphatic rings. The highest BCUT2D eigenvalue weighted by Gasteiger charge is 2.24. The Kier molecular flexibility index (Phi) is 4.32. The number of carbonyl (C=O) groups is 2. The molecule has 0 aliphatic carbocycles. The van der Waals surface area contributed by atoms with Gasteiger partial charge in [-0.25, -0.2) is 4.79 Å². The Morgan fingerprint density at radius 1 is 1.35 bits per heavy atom. The van der Waals surface area contributed by atoms with E-state index < -0.39 is 11.9 Å². The van der Waals surface area contributed by atoms with Crippen LogP contribution in [0.4, 0.5) is 0 Å². The van der Waals surface area contributed by atoms with Gasteiger partial charge in [-0.2, -0.15) is 0 Å². The quantitative estimate of drug-likeness (QED) is 0.601. The van der Waals surface area contributed by atoms with Crippen molar-refractivity contribution in [1.82, 2.24) is 4.57 Å². The smallest absolute Gasteiger partial charge is 0.358 e. The van der Waals surface area contributed by atoms with Crippen LogP contribution < -0.4 is 4.74 Å². The first-order chi connectivity index (χ1) is 9.45. The molecule has 0 spiro atoms. The normalized spacial score (nSPS) is 10.6. The Labute approximate surface area is 130 Å². The summed E-state index contributed by atoms with van der Waals surface area (Å²) in [6.45, 7) is 3.30. The molecule has 6 heteroatoms. The van der Waals surface area contributed by atoms with Crippen LogP contribution in [-0.2, 0) is 16.6 Å². The number of benzene rings is 1. The van der Waals surface area contributed by atoms with E-state index in [0.717, 1.165) is 14.5 Å². The molecule has 0 saturated heterocycles. The van der Waals surface area contributed by atoms with Gasteiger partial charge in [0.1, 0.15) is 0 Å². The maximum absolute atomic E-state index is 12.1. The van der Waals surface area contributed by atoms with E-state index in [0.29, 0.717) is 0 Å². The van der Waals surface area contributed by atoms with Crippen LogP contribution in [0.2, 0.25) is 0 Å². The number of carbonyl (C=O) groups excluding carboxylic acids is 2. The Morgan fingerprint density at radius 2 is 2.05 bits per heavy atom. The molecule has 2 rings (SSSR count). The standard InChI is InChI=1S/C14H14INO4/c1-4-19-14(18)12-13(20-8(2)17)10-7-9(15)5-6-11(10)16(12)3/h5-7H,4H2,1-3H3. The number of ether oxygens (including phenoxy) is 2. The summed E-state index contributed by atoms with van der Waals surface area (Å²) in [5, 5.41) is 0.720. The second kappa shape index (κ2) is 5.82. The lowest BCUT2D eigenvalue weighted by Gasteiger charge is -2.06. The molecule has 0 amide bonds. The fraction of sp³-hybridized carbons (Fsp3) is 0.286. The maximum atomic E-state index is 12.1. The van der Waals surface area contributed by atoms with E-state index in [4.69, 9.17) is 9.47 Å². The van der Waals surface area contributed by atoms with E-state index in [1.807, 2.05) is 18.2 Å². The second-order valence-electron chi connectivity index (χ2n) is 4.21. The number of fused-ring (bicyclic) bond motifs is 1. The number of halogens is 1. The zero-order valence-corrected chi connectivity index (χ0v) is 13.6. The summed E-state index contributed by atoms with van der Waals surface area (Å²) in [5.74, 6) is -0.716. The predicted molar refractivity (Wildman–Crippen MR) is 82.9 cm³/mol. The Balaban J connectivity index is 2.73. The molecule has 1 aromatic carbocycles. The molecule has 0 saturated carbocycles. The molecule has 2 aromatic rings. The molecule has 106 valence electrons. The first-order valence-electron chi connectivity index (χ1n) is 6.09. The molecule has 20 heavy (non-hydrogen) atoms. The predicted octanol–water partition coefficient (Wildman–Crippen LogP) is 2.88. The molecular weight excluding hydrogens is 373 g/mol. The number of rotatable bonds is 3. The van der Waals surface area contributed by atoms with Gasteiger partial charge in [-0.05, 0) is 47.7 Å². The minimum absolute atomic E-state index is 0.249. The summed E-state index contributed by atoms with van der Waals surface area (Å²) in [7, 11) is 1.74. The lowest BCUT2D eigenvalue weighted by molar-refractivity contribution is -0.131. The van der Waals surface area contributed by atoms with Gasteiger partial charge in [-0.15, -0.1) is 0 Å². The number of aromatic nitrogens is 1. The van der Waals surface area contributed by atoms with E-state index in [1.165, 1.54) is 6.92 Å². The lowest BCUT2D eigenvalue weighted by atomic mass is 10.2. The van der Waals surface area contributed by atoms with E-state index >= 15 is 0 Å². The average molecular weight is 387 g/mol. The molecule has 5 nitrogen and oxygen atoms in total. The van der Waals surface area contributed by atoms with E-state index in [2.05, 4.69) is 22.6 Å². The van der Waals surface area contributed by atoms with Crippen molar-refractivity contribution in [3.63, 3.8) is 0 Å². The largest absolute Gasteiger partial charge is 0.461 e. The van der Waals surface area contributed by atoms with Crippen LogP contribution in [-0.4, -0.2) is 23.1 Å². The molecule has 0 unspecified atom stereocenters. The topological polar surface area (TPSA) is 57.5 Å². The van der Waals surface area contributed by atoms with Crippen molar-refractivity contribution >= 4 is 45.4 Å². The third-order valence-corrected chi connectivity index (χ3v) is 3.50. The van der Waals surface area contributed by atoms with Crippen molar-refractivity contribution in [3.05, 3.63) is 27.5 Å². The first kappa shape index (κ1) is 14.8. The molecule has 0 aliphatic heterocycles. The molecule has 0 atom stereocenters. The monoisotopic (exact) mass is 387 g/mol. The van der Waals surface area contributed by atoms with Crippen LogP contribution in [0.3, 0.4) is 0 Å². The summed E-state index contributed by atoms with van der Waals surface area (Å²) >= 11 is 2.17. The highest BCUT2D eigenvalue weighted by Crippen LogP contribution is 2.34. The van der Waals surface area contributed by atoms with E-state index in [-0.39, 0.29) is 18.1 Å². The molecular formula is C14H14INO4. The summed E-state index contributed by atoms with van der Waals surface area (Å²) in [6, 6.07) is 5.68. The molecule has 0 N–H and O–H groups in total. The van der Waals surface area contributed by atoms with Gasteiger partial charge in [0, 0.05) is 22.9 Å². The maximum Gasteiger partial charge on any atom is 0.358 e. The Hall–Kier alpha value is -1.57. The third-order valence-electron chi connectivity index (χ3n) is 2.83. The minimum Gasteiger partial charge on any atom is -0.461 e. The zero-order chi connectivity index (χ0) is 14.9. The van der Waals surface area contributed by atoms with Crippen molar-refractivity contribution in [2.75, 3.05) is 6.61 Å². The minimum atomic E-state index is -0.502. The zero-order valence-electron chi connectivity index (χ0n) is 11.4. The molecule has 1 heterocycles. The van der Waals surface area contributed by atoms with Gasteiger partial charge < -0.3 is 14.0 Å². The molecule has 0 radical (unpaired) electrons. The van der Waals surface area contributed by atoms with Crippen LogP contribution in [0.1, 0.15) is 24.3 Å². The number of hydrogen-bond donors (Lipinski definition) is 0. The van der Waals surface area contributed by atoms with Gasteiger partial charge in [0.15, 0.2) is 11.4 Å². The van der Waals surface area contributed by atoms with Crippen LogP contribution in [0.25, 0.3) is 10.9 Å². The van der Waals surface area contributed by atoms with Crippen molar-refractivity contribution in [2.24, 2.45) is 7.05 Å². The molecule has 0 fully saturated rings. The van der Waals surface area contributed by atoms with Gasteiger partial charge in [0.25, 0.3) is 0 Å². The van der Waals surface area contributed by atoms with Crippen molar-refractivity contribution in [1.29, 1.82) is 0 Å². The fourth-order valence-corrected chi connectivity index (χ4v) is 2.55. The SMILES string of the molecule is CCOC(=O)c1c(OC(C)=O)c2cc(I)ccc2n1C. The second-order valence-corrected chi connectivity index (χ2v) is 5.46. The molecule has 0 bridgehead atoms. The summed E-state index contributed by atoms with van der Waals surface area (Å²) in [5.41, 5.74) is 1.06. The summed E-state index contributed by atoms with van der Waals surface area (Å²) in [4.78, 5) is 23.4. The highest BCUT2D eigenvalue weighted by atomic mass is 127. The van der Waals surface area contributed by atoms with E-state index in [9.17, 15) is 9.59 Å². The Bertz CT molecular complexity index is 690. The summed E-state index contributed by atoms with van der Waals surface area (Å²) < 4.78 is 12.9. The number of hydrogen-bond acceptors (Lipinski definition) is 4. The van der Waals surface area contributed by atoms with E-state index in [1.54, 1.807) is 18.5 Å². The highest BCUT2D eigenvalue weighted by molar-refractivity contribution is 14.1. The lowest BCUT2D eigenvalue weighted by Crippen LogP contribution is -2.13. The summed E-state index contributed by atoms with van der Waals surface area (Å²) in [6.07, 6.45) is 0.